The fraction of sp³-hybridized carbons (Fsp3) is 0.647. The summed E-state index contributed by atoms with van der Waals surface area (Å²) in [5.74, 6) is 0.522. The summed E-state index contributed by atoms with van der Waals surface area (Å²) in [4.78, 5) is 19.2. The van der Waals surface area contributed by atoms with Crippen LogP contribution in [0.5, 0.6) is 0 Å². The number of hydrogen-bond acceptors (Lipinski definition) is 3. The zero-order valence-electron chi connectivity index (χ0n) is 13.5. The molecule has 2 heterocycles. The highest BCUT2D eigenvalue weighted by atomic mass is 16.5. The van der Waals surface area contributed by atoms with E-state index in [4.69, 9.17) is 4.74 Å². The fourth-order valence-corrected chi connectivity index (χ4v) is 3.17. The Morgan fingerprint density at radius 1 is 1.55 bits per heavy atom. The molecule has 0 radical (unpaired) electrons. The Morgan fingerprint density at radius 3 is 2.95 bits per heavy atom. The number of aromatic nitrogens is 2. The molecular weight excluding hydrogens is 278 g/mol. The summed E-state index contributed by atoms with van der Waals surface area (Å²) in [6, 6.07) is 0.302. The largest absolute Gasteiger partial charge is 0.375 e. The van der Waals surface area contributed by atoms with Gasteiger partial charge in [-0.15, -0.1) is 6.58 Å². The van der Waals surface area contributed by atoms with E-state index in [1.165, 1.54) is 0 Å². The van der Waals surface area contributed by atoms with Crippen LogP contribution in [0, 0.1) is 5.92 Å². The average Bonchev–Trinajstić information content (AvgIpc) is 3.25. The Balaban J connectivity index is 1.90. The van der Waals surface area contributed by atoms with Crippen molar-refractivity contribution >= 4 is 5.91 Å². The van der Waals surface area contributed by atoms with Crippen molar-refractivity contribution in [3.63, 3.8) is 0 Å². The third-order valence-corrected chi connectivity index (χ3v) is 4.47. The van der Waals surface area contributed by atoms with Gasteiger partial charge in [-0.1, -0.05) is 6.08 Å². The topological polar surface area (TPSA) is 47.4 Å². The molecule has 0 N–H and O–H groups in total. The van der Waals surface area contributed by atoms with Crippen molar-refractivity contribution in [3.05, 3.63) is 30.4 Å². The first-order chi connectivity index (χ1) is 10.6. The zero-order valence-corrected chi connectivity index (χ0v) is 13.5. The van der Waals surface area contributed by atoms with Gasteiger partial charge in [-0.25, -0.2) is 4.98 Å². The van der Waals surface area contributed by atoms with E-state index in [1.807, 2.05) is 11.2 Å². The van der Waals surface area contributed by atoms with Crippen molar-refractivity contribution in [1.29, 1.82) is 0 Å². The number of imidazole rings is 1. The SMILES string of the molecule is C=CCOCC1c2c(ncn2C(C)C)CCN1C(=O)C1CC1. The van der Waals surface area contributed by atoms with Crippen LogP contribution in [0.1, 0.15) is 50.2 Å². The van der Waals surface area contributed by atoms with Gasteiger partial charge in [0, 0.05) is 24.9 Å². The minimum Gasteiger partial charge on any atom is -0.375 e. The maximum atomic E-state index is 12.6. The van der Waals surface area contributed by atoms with E-state index in [0.717, 1.165) is 37.2 Å². The lowest BCUT2D eigenvalue weighted by Crippen LogP contribution is -2.43. The van der Waals surface area contributed by atoms with E-state index in [9.17, 15) is 4.79 Å². The van der Waals surface area contributed by atoms with Gasteiger partial charge < -0.3 is 14.2 Å². The predicted octanol–water partition coefficient (Wildman–Crippen LogP) is 2.50. The van der Waals surface area contributed by atoms with E-state index in [0.29, 0.717) is 19.3 Å². The highest BCUT2D eigenvalue weighted by Gasteiger charge is 2.40. The summed E-state index contributed by atoms with van der Waals surface area (Å²) < 4.78 is 7.89. The molecule has 1 aromatic heterocycles. The van der Waals surface area contributed by atoms with E-state index in [1.54, 1.807) is 6.08 Å². The van der Waals surface area contributed by atoms with Crippen molar-refractivity contribution in [1.82, 2.24) is 14.5 Å². The minimum atomic E-state index is -0.0262. The molecule has 1 aliphatic heterocycles. The van der Waals surface area contributed by atoms with E-state index >= 15 is 0 Å². The summed E-state index contributed by atoms with van der Waals surface area (Å²) in [5, 5.41) is 0. The first kappa shape index (κ1) is 15.3. The van der Waals surface area contributed by atoms with Gasteiger partial charge in [0.05, 0.1) is 37.0 Å². The van der Waals surface area contributed by atoms with Crippen LogP contribution >= 0.6 is 0 Å². The summed E-state index contributed by atoms with van der Waals surface area (Å²) in [6.45, 7) is 9.75. The smallest absolute Gasteiger partial charge is 0.226 e. The monoisotopic (exact) mass is 303 g/mol. The van der Waals surface area contributed by atoms with Gasteiger partial charge in [-0.3, -0.25) is 4.79 Å². The van der Waals surface area contributed by atoms with Crippen LogP contribution in [0.25, 0.3) is 0 Å². The molecule has 0 saturated heterocycles. The van der Waals surface area contributed by atoms with Crippen molar-refractivity contribution in [2.45, 2.75) is 45.2 Å². The standard InChI is InChI=1S/C17H25N3O2/c1-4-9-22-10-15-16-14(18-11-20(16)12(2)3)7-8-19(15)17(21)13-5-6-13/h4,11-13,15H,1,5-10H2,2-3H3. The van der Waals surface area contributed by atoms with Gasteiger partial charge in [0.1, 0.15) is 0 Å². The quantitative estimate of drug-likeness (QED) is 0.599. The number of rotatable bonds is 6. The second-order valence-electron chi connectivity index (χ2n) is 6.48. The van der Waals surface area contributed by atoms with Crippen LogP contribution in [0.2, 0.25) is 0 Å². The molecule has 1 saturated carbocycles. The lowest BCUT2D eigenvalue weighted by atomic mass is 10.0. The minimum absolute atomic E-state index is 0.0262. The molecule has 5 nitrogen and oxygen atoms in total. The number of ether oxygens (including phenoxy) is 1. The van der Waals surface area contributed by atoms with Gasteiger partial charge in [0.25, 0.3) is 0 Å². The Morgan fingerprint density at radius 2 is 2.32 bits per heavy atom. The lowest BCUT2D eigenvalue weighted by molar-refractivity contribution is -0.137. The third kappa shape index (κ3) is 2.82. The van der Waals surface area contributed by atoms with Crippen LogP contribution in [-0.4, -0.2) is 40.1 Å². The van der Waals surface area contributed by atoms with Gasteiger partial charge in [0.15, 0.2) is 0 Å². The Hall–Kier alpha value is -1.62. The molecule has 0 aromatic carbocycles. The number of fused-ring (bicyclic) bond motifs is 1. The molecule has 1 unspecified atom stereocenters. The van der Waals surface area contributed by atoms with Gasteiger partial charge in [-0.2, -0.15) is 0 Å². The van der Waals surface area contributed by atoms with Crippen molar-refractivity contribution < 1.29 is 9.53 Å². The Bertz CT molecular complexity index is 560. The average molecular weight is 303 g/mol. The third-order valence-electron chi connectivity index (χ3n) is 4.47. The maximum Gasteiger partial charge on any atom is 0.226 e. The number of amides is 1. The highest BCUT2D eigenvalue weighted by molar-refractivity contribution is 5.81. The predicted molar refractivity (Wildman–Crippen MR) is 84.5 cm³/mol. The molecule has 1 fully saturated rings. The van der Waals surface area contributed by atoms with Gasteiger partial charge in [0.2, 0.25) is 5.91 Å². The van der Waals surface area contributed by atoms with Crippen LogP contribution in [-0.2, 0) is 16.0 Å². The van der Waals surface area contributed by atoms with Crippen LogP contribution in [0.3, 0.4) is 0 Å². The maximum absolute atomic E-state index is 12.6. The molecule has 120 valence electrons. The first-order valence-corrected chi connectivity index (χ1v) is 8.18. The number of nitrogens with zero attached hydrogens (tertiary/aromatic N) is 3. The van der Waals surface area contributed by atoms with Crippen LogP contribution in [0.15, 0.2) is 19.0 Å². The molecule has 2 aliphatic rings. The lowest BCUT2D eigenvalue weighted by Gasteiger charge is -2.37. The second kappa shape index (κ2) is 6.24. The first-order valence-electron chi connectivity index (χ1n) is 8.18. The van der Waals surface area contributed by atoms with Gasteiger partial charge >= 0.3 is 0 Å². The summed E-state index contributed by atoms with van der Waals surface area (Å²) in [6.07, 6.45) is 6.56. The van der Waals surface area contributed by atoms with E-state index < -0.39 is 0 Å². The van der Waals surface area contributed by atoms with Crippen LogP contribution in [0.4, 0.5) is 0 Å². The second-order valence-corrected chi connectivity index (χ2v) is 6.48. The molecule has 0 spiro atoms. The van der Waals surface area contributed by atoms with E-state index in [-0.39, 0.29) is 17.9 Å². The fourth-order valence-electron chi connectivity index (χ4n) is 3.17. The molecule has 1 amide bonds. The Kier molecular flexibility index (Phi) is 4.34. The van der Waals surface area contributed by atoms with Crippen molar-refractivity contribution in [3.8, 4) is 0 Å². The van der Waals surface area contributed by atoms with Crippen LogP contribution < -0.4 is 0 Å². The molecule has 1 aliphatic carbocycles. The zero-order chi connectivity index (χ0) is 15.7. The number of carbonyl (C=O) groups excluding carboxylic acids is 1. The summed E-state index contributed by atoms with van der Waals surface area (Å²) in [7, 11) is 0. The molecule has 3 rings (SSSR count). The normalized spacial score (nSPS) is 21.0. The van der Waals surface area contributed by atoms with Crippen molar-refractivity contribution in [2.24, 2.45) is 5.92 Å². The molecule has 22 heavy (non-hydrogen) atoms. The van der Waals surface area contributed by atoms with Crippen molar-refractivity contribution in [2.75, 3.05) is 19.8 Å². The summed E-state index contributed by atoms with van der Waals surface area (Å²) in [5.41, 5.74) is 2.26. The van der Waals surface area contributed by atoms with E-state index in [2.05, 4.69) is 30.0 Å². The molecule has 5 heteroatoms. The molecule has 1 aromatic rings. The molecular formula is C17H25N3O2. The number of carbonyl (C=O) groups is 1. The molecule has 1 atom stereocenters. The highest BCUT2D eigenvalue weighted by Crippen LogP contribution is 2.37. The summed E-state index contributed by atoms with van der Waals surface area (Å²) >= 11 is 0. The number of hydrogen-bond donors (Lipinski definition) is 0. The Labute approximate surface area is 132 Å². The molecule has 0 bridgehead atoms. The van der Waals surface area contributed by atoms with Gasteiger partial charge in [-0.05, 0) is 26.7 Å².